The standard InChI is InChI=1S/C22H20F4N6O3S/c1-22(25,26)21-28-8-13(9-29-21)18-7-16(30-12-31-18)10-27-20(33)19-6-15(24)11-32(19)36(34,35)17-4-2-14(23)3-5-17/h2-5,7-9,12,15,19H,6,10-11H2,1H3,(H,27,33)/t15-,19+/m1/s1. The average molecular weight is 525 g/mol. The van der Waals surface area contributed by atoms with Crippen LogP contribution in [0.3, 0.4) is 0 Å². The molecule has 0 radical (unpaired) electrons. The lowest BCUT2D eigenvalue weighted by molar-refractivity contribution is -0.124. The molecule has 14 heteroatoms. The third kappa shape index (κ3) is 5.49. The molecule has 190 valence electrons. The molecule has 1 N–H and O–H groups in total. The highest BCUT2D eigenvalue weighted by Crippen LogP contribution is 2.28. The number of hydrogen-bond acceptors (Lipinski definition) is 7. The van der Waals surface area contributed by atoms with Crippen molar-refractivity contribution in [3.05, 3.63) is 66.4 Å². The first kappa shape index (κ1) is 25.6. The van der Waals surface area contributed by atoms with Crippen molar-refractivity contribution in [1.29, 1.82) is 0 Å². The zero-order valence-corrected chi connectivity index (χ0v) is 19.6. The summed E-state index contributed by atoms with van der Waals surface area (Å²) in [5, 5.41) is 2.54. The second-order valence-corrected chi connectivity index (χ2v) is 10.1. The van der Waals surface area contributed by atoms with Crippen molar-refractivity contribution in [2.75, 3.05) is 6.54 Å². The van der Waals surface area contributed by atoms with Crippen LogP contribution in [0.1, 0.15) is 24.9 Å². The molecule has 0 saturated carbocycles. The minimum atomic E-state index is -4.25. The van der Waals surface area contributed by atoms with E-state index >= 15 is 0 Å². The van der Waals surface area contributed by atoms with Gasteiger partial charge in [-0.3, -0.25) is 4.79 Å². The fourth-order valence-electron chi connectivity index (χ4n) is 3.64. The number of aromatic nitrogens is 4. The monoisotopic (exact) mass is 524 g/mol. The van der Waals surface area contributed by atoms with Gasteiger partial charge in [-0.2, -0.15) is 13.1 Å². The summed E-state index contributed by atoms with van der Waals surface area (Å²) in [7, 11) is -4.25. The van der Waals surface area contributed by atoms with E-state index in [-0.39, 0.29) is 17.9 Å². The van der Waals surface area contributed by atoms with Crippen molar-refractivity contribution in [2.45, 2.75) is 42.9 Å². The van der Waals surface area contributed by atoms with Gasteiger partial charge in [-0.25, -0.2) is 37.1 Å². The number of rotatable bonds is 7. The van der Waals surface area contributed by atoms with Gasteiger partial charge in [-0.1, -0.05) is 0 Å². The Labute approximate surface area is 203 Å². The molecule has 1 aliphatic rings. The first-order valence-electron chi connectivity index (χ1n) is 10.7. The van der Waals surface area contributed by atoms with Crippen LogP contribution in [0.2, 0.25) is 0 Å². The fraction of sp³-hybridized carbons (Fsp3) is 0.318. The number of benzene rings is 1. The van der Waals surface area contributed by atoms with Gasteiger partial charge in [0.2, 0.25) is 15.9 Å². The number of carbonyl (C=O) groups excluding carboxylic acids is 1. The van der Waals surface area contributed by atoms with Crippen LogP contribution in [0, 0.1) is 5.82 Å². The number of alkyl halides is 3. The Balaban J connectivity index is 1.46. The molecule has 36 heavy (non-hydrogen) atoms. The predicted molar refractivity (Wildman–Crippen MR) is 118 cm³/mol. The molecule has 0 spiro atoms. The lowest BCUT2D eigenvalue weighted by Gasteiger charge is -2.23. The first-order valence-corrected chi connectivity index (χ1v) is 12.1. The number of sulfonamides is 1. The van der Waals surface area contributed by atoms with Gasteiger partial charge in [-0.15, -0.1) is 0 Å². The molecule has 3 aromatic rings. The molecule has 1 fully saturated rings. The Bertz CT molecular complexity index is 1350. The van der Waals surface area contributed by atoms with Crippen LogP contribution in [-0.2, 0) is 27.3 Å². The predicted octanol–water partition coefficient (Wildman–Crippen LogP) is 2.60. The normalized spacial score (nSPS) is 18.8. The average Bonchev–Trinajstić information content (AvgIpc) is 3.25. The summed E-state index contributed by atoms with van der Waals surface area (Å²) >= 11 is 0. The van der Waals surface area contributed by atoms with Gasteiger partial charge in [0.05, 0.1) is 22.8 Å². The van der Waals surface area contributed by atoms with Crippen LogP contribution in [-0.4, -0.2) is 57.3 Å². The van der Waals surface area contributed by atoms with Crippen LogP contribution in [0.4, 0.5) is 17.6 Å². The first-order chi connectivity index (χ1) is 16.9. The van der Waals surface area contributed by atoms with Crippen LogP contribution in [0.5, 0.6) is 0 Å². The quantitative estimate of drug-likeness (QED) is 0.472. The molecule has 9 nitrogen and oxygen atoms in total. The summed E-state index contributed by atoms with van der Waals surface area (Å²) in [5.74, 6) is -5.21. The molecule has 1 aliphatic heterocycles. The van der Waals surface area contributed by atoms with Crippen LogP contribution >= 0.6 is 0 Å². The highest BCUT2D eigenvalue weighted by molar-refractivity contribution is 7.89. The Morgan fingerprint density at radius 1 is 1.14 bits per heavy atom. The fourth-order valence-corrected chi connectivity index (χ4v) is 5.26. The second-order valence-electron chi connectivity index (χ2n) is 8.17. The van der Waals surface area contributed by atoms with Crippen molar-refractivity contribution < 1.29 is 30.8 Å². The number of nitrogens with one attached hydrogen (secondary N) is 1. The number of hydrogen-bond donors (Lipinski definition) is 1. The van der Waals surface area contributed by atoms with E-state index in [9.17, 15) is 30.8 Å². The summed E-state index contributed by atoms with van der Waals surface area (Å²) in [6.07, 6.45) is 1.66. The summed E-state index contributed by atoms with van der Waals surface area (Å²) in [6.45, 7) is 0.0233. The van der Waals surface area contributed by atoms with Crippen molar-refractivity contribution in [3.63, 3.8) is 0 Å². The minimum Gasteiger partial charge on any atom is -0.349 e. The highest BCUT2D eigenvalue weighted by atomic mass is 32.2. The molecule has 2 atom stereocenters. The lowest BCUT2D eigenvalue weighted by atomic mass is 10.2. The zero-order valence-electron chi connectivity index (χ0n) is 18.8. The molecule has 1 amide bonds. The number of nitrogens with zero attached hydrogens (tertiary/aromatic N) is 5. The third-order valence-corrected chi connectivity index (χ3v) is 7.32. The van der Waals surface area contributed by atoms with E-state index in [4.69, 9.17) is 0 Å². The van der Waals surface area contributed by atoms with E-state index in [1.807, 2.05) is 0 Å². The third-order valence-electron chi connectivity index (χ3n) is 5.44. The number of amides is 1. The molecular weight excluding hydrogens is 504 g/mol. The maximum absolute atomic E-state index is 14.2. The second kappa shape index (κ2) is 9.85. The van der Waals surface area contributed by atoms with Crippen LogP contribution in [0.15, 0.2) is 53.9 Å². The van der Waals surface area contributed by atoms with E-state index in [0.717, 1.165) is 28.6 Å². The number of halogens is 4. The van der Waals surface area contributed by atoms with Gasteiger partial charge in [0.1, 0.15) is 24.4 Å². The van der Waals surface area contributed by atoms with Crippen molar-refractivity contribution in [1.82, 2.24) is 29.6 Å². The Morgan fingerprint density at radius 3 is 2.44 bits per heavy atom. The highest BCUT2D eigenvalue weighted by Gasteiger charge is 2.44. The molecule has 3 heterocycles. The van der Waals surface area contributed by atoms with E-state index in [2.05, 4.69) is 25.3 Å². The summed E-state index contributed by atoms with van der Waals surface area (Å²) in [6, 6.07) is 4.18. The topological polar surface area (TPSA) is 118 Å². The van der Waals surface area contributed by atoms with Gasteiger partial charge >= 0.3 is 5.92 Å². The molecular formula is C22H20F4N6O3S. The molecule has 0 bridgehead atoms. The van der Waals surface area contributed by atoms with E-state index < -0.39 is 52.3 Å². The maximum Gasteiger partial charge on any atom is 0.303 e. The number of carbonyl (C=O) groups is 1. The smallest absolute Gasteiger partial charge is 0.303 e. The molecule has 2 aromatic heterocycles. The Kier molecular flexibility index (Phi) is 7.00. The van der Waals surface area contributed by atoms with Crippen LogP contribution in [0.25, 0.3) is 11.3 Å². The van der Waals surface area contributed by atoms with Gasteiger partial charge in [-0.05, 0) is 30.3 Å². The van der Waals surface area contributed by atoms with Crippen molar-refractivity contribution in [3.8, 4) is 11.3 Å². The lowest BCUT2D eigenvalue weighted by Crippen LogP contribution is -2.45. The van der Waals surface area contributed by atoms with E-state index in [1.165, 1.54) is 24.8 Å². The summed E-state index contributed by atoms with van der Waals surface area (Å²) in [5.41, 5.74) is 0.969. The van der Waals surface area contributed by atoms with Crippen molar-refractivity contribution in [2.24, 2.45) is 0 Å². The van der Waals surface area contributed by atoms with Gasteiger partial charge in [0, 0.05) is 37.8 Å². The summed E-state index contributed by atoms with van der Waals surface area (Å²) in [4.78, 5) is 27.9. The molecule has 1 aromatic carbocycles. The van der Waals surface area contributed by atoms with Gasteiger partial charge < -0.3 is 5.32 Å². The van der Waals surface area contributed by atoms with Crippen LogP contribution < -0.4 is 5.32 Å². The largest absolute Gasteiger partial charge is 0.349 e. The Morgan fingerprint density at radius 2 is 1.81 bits per heavy atom. The molecule has 0 aliphatic carbocycles. The van der Waals surface area contributed by atoms with E-state index in [0.29, 0.717) is 23.9 Å². The maximum atomic E-state index is 14.2. The van der Waals surface area contributed by atoms with Gasteiger partial charge in [0.15, 0.2) is 5.82 Å². The molecule has 4 rings (SSSR count). The molecule has 1 saturated heterocycles. The van der Waals surface area contributed by atoms with Crippen molar-refractivity contribution >= 4 is 15.9 Å². The molecule has 0 unspecified atom stereocenters. The zero-order chi connectivity index (χ0) is 26.1. The SMILES string of the molecule is CC(F)(F)c1ncc(-c2cc(CNC(=O)[C@@H]3C[C@@H](F)CN3S(=O)(=O)c3ccc(F)cc3)ncn2)cn1. The minimum absolute atomic E-state index is 0.141. The Hall–Kier alpha value is -3.52. The van der Waals surface area contributed by atoms with Gasteiger partial charge in [0.25, 0.3) is 0 Å². The summed E-state index contributed by atoms with van der Waals surface area (Å²) < 4.78 is 80.7. The van der Waals surface area contributed by atoms with E-state index in [1.54, 1.807) is 0 Å².